The number of hydrogen-bond acceptors (Lipinski definition) is 2. The first-order chi connectivity index (χ1) is 7.68. The molecule has 0 saturated carbocycles. The molecular weight excluding hydrogens is 198 g/mol. The van der Waals surface area contributed by atoms with Crippen LogP contribution in [0, 0.1) is 13.8 Å². The molecule has 0 saturated heterocycles. The molecule has 1 N–H and O–H groups in total. The fraction of sp³-hybridized carbons (Fsp3) is 0.214. The molecule has 1 heterocycles. The van der Waals surface area contributed by atoms with E-state index in [1.807, 2.05) is 43.3 Å². The van der Waals surface area contributed by atoms with Gasteiger partial charge in [0.25, 0.3) is 0 Å². The number of aliphatic hydroxyl groups excluding tert-OH is 1. The standard InChI is InChI=1S/C14H15NO/c1-10-6-7-12(9-11(10)2)14(16)13-5-3-4-8-15-13/h3-9,14,16H,1-2H3/t14-/m1/s1. The maximum Gasteiger partial charge on any atom is 0.121 e. The highest BCUT2D eigenvalue weighted by atomic mass is 16.3. The number of nitrogens with zero attached hydrogens (tertiary/aromatic N) is 1. The molecule has 0 aliphatic heterocycles. The van der Waals surface area contributed by atoms with Gasteiger partial charge in [0.15, 0.2) is 0 Å². The third-order valence-electron chi connectivity index (χ3n) is 2.81. The fourth-order valence-corrected chi connectivity index (χ4v) is 1.64. The smallest absolute Gasteiger partial charge is 0.121 e. The molecule has 0 radical (unpaired) electrons. The molecule has 2 rings (SSSR count). The van der Waals surface area contributed by atoms with Crippen molar-refractivity contribution < 1.29 is 5.11 Å². The zero-order chi connectivity index (χ0) is 11.5. The zero-order valence-electron chi connectivity index (χ0n) is 9.51. The van der Waals surface area contributed by atoms with Crippen LogP contribution in [-0.4, -0.2) is 10.1 Å². The quantitative estimate of drug-likeness (QED) is 0.832. The van der Waals surface area contributed by atoms with Gasteiger partial charge >= 0.3 is 0 Å². The number of benzene rings is 1. The molecular formula is C14H15NO. The van der Waals surface area contributed by atoms with E-state index in [1.54, 1.807) is 6.20 Å². The van der Waals surface area contributed by atoms with Gasteiger partial charge in [-0.05, 0) is 42.7 Å². The van der Waals surface area contributed by atoms with Crippen molar-refractivity contribution in [3.63, 3.8) is 0 Å². The molecule has 0 unspecified atom stereocenters. The molecule has 82 valence electrons. The summed E-state index contributed by atoms with van der Waals surface area (Å²) >= 11 is 0. The Morgan fingerprint density at radius 1 is 1.06 bits per heavy atom. The van der Waals surface area contributed by atoms with Gasteiger partial charge in [0.05, 0.1) is 5.69 Å². The fourth-order valence-electron chi connectivity index (χ4n) is 1.64. The third kappa shape index (κ3) is 2.12. The highest BCUT2D eigenvalue weighted by molar-refractivity contribution is 5.34. The predicted octanol–water partition coefficient (Wildman–Crippen LogP) is 2.78. The van der Waals surface area contributed by atoms with Crippen LogP contribution in [0.2, 0.25) is 0 Å². The van der Waals surface area contributed by atoms with Crippen LogP contribution in [0.25, 0.3) is 0 Å². The summed E-state index contributed by atoms with van der Waals surface area (Å²) in [5.41, 5.74) is 4.00. The van der Waals surface area contributed by atoms with Gasteiger partial charge in [0.1, 0.15) is 6.10 Å². The van der Waals surface area contributed by atoms with Gasteiger partial charge in [-0.15, -0.1) is 0 Å². The van der Waals surface area contributed by atoms with Crippen molar-refractivity contribution in [1.82, 2.24) is 4.98 Å². The minimum atomic E-state index is -0.638. The second kappa shape index (κ2) is 4.45. The Morgan fingerprint density at radius 2 is 1.88 bits per heavy atom. The number of pyridine rings is 1. The molecule has 16 heavy (non-hydrogen) atoms. The number of hydrogen-bond donors (Lipinski definition) is 1. The minimum Gasteiger partial charge on any atom is -0.382 e. The normalized spacial score (nSPS) is 12.4. The summed E-state index contributed by atoms with van der Waals surface area (Å²) in [5.74, 6) is 0. The number of rotatable bonds is 2. The van der Waals surface area contributed by atoms with Crippen molar-refractivity contribution in [3.05, 3.63) is 65.0 Å². The Labute approximate surface area is 95.6 Å². The first-order valence-electron chi connectivity index (χ1n) is 5.34. The average molecular weight is 213 g/mol. The van der Waals surface area contributed by atoms with E-state index in [0.717, 1.165) is 5.56 Å². The van der Waals surface area contributed by atoms with Crippen LogP contribution in [0.1, 0.15) is 28.5 Å². The van der Waals surface area contributed by atoms with Crippen molar-refractivity contribution in [1.29, 1.82) is 0 Å². The lowest BCUT2D eigenvalue weighted by Crippen LogP contribution is -2.02. The maximum absolute atomic E-state index is 10.1. The summed E-state index contributed by atoms with van der Waals surface area (Å²) in [6.07, 6.45) is 1.06. The SMILES string of the molecule is Cc1ccc([C@@H](O)c2ccccn2)cc1C. The van der Waals surface area contributed by atoms with E-state index in [-0.39, 0.29) is 0 Å². The van der Waals surface area contributed by atoms with Gasteiger partial charge in [-0.1, -0.05) is 24.3 Å². The van der Waals surface area contributed by atoms with Crippen LogP contribution in [0.5, 0.6) is 0 Å². The Kier molecular flexibility index (Phi) is 3.02. The summed E-state index contributed by atoms with van der Waals surface area (Å²) in [6.45, 7) is 4.11. The molecule has 1 aromatic heterocycles. The van der Waals surface area contributed by atoms with E-state index >= 15 is 0 Å². The lowest BCUT2D eigenvalue weighted by Gasteiger charge is -2.11. The van der Waals surface area contributed by atoms with E-state index in [2.05, 4.69) is 11.9 Å². The number of aromatic nitrogens is 1. The zero-order valence-corrected chi connectivity index (χ0v) is 9.51. The van der Waals surface area contributed by atoms with Gasteiger partial charge in [0, 0.05) is 6.20 Å². The lowest BCUT2D eigenvalue weighted by molar-refractivity contribution is 0.215. The molecule has 1 atom stereocenters. The average Bonchev–Trinajstić information content (AvgIpc) is 2.33. The molecule has 1 aromatic carbocycles. The van der Waals surface area contributed by atoms with E-state index in [4.69, 9.17) is 0 Å². The first-order valence-corrected chi connectivity index (χ1v) is 5.34. The molecule has 0 bridgehead atoms. The minimum absolute atomic E-state index is 0.638. The summed E-state index contributed by atoms with van der Waals surface area (Å²) < 4.78 is 0. The van der Waals surface area contributed by atoms with Crippen molar-refractivity contribution >= 4 is 0 Å². The van der Waals surface area contributed by atoms with Crippen LogP contribution < -0.4 is 0 Å². The Bertz CT molecular complexity index is 479. The van der Waals surface area contributed by atoms with Crippen LogP contribution in [-0.2, 0) is 0 Å². The number of aliphatic hydroxyl groups is 1. The maximum atomic E-state index is 10.1. The van der Waals surface area contributed by atoms with E-state index in [1.165, 1.54) is 11.1 Å². The van der Waals surface area contributed by atoms with E-state index < -0.39 is 6.10 Å². The lowest BCUT2D eigenvalue weighted by atomic mass is 10.0. The van der Waals surface area contributed by atoms with Crippen molar-refractivity contribution in [3.8, 4) is 0 Å². The Morgan fingerprint density at radius 3 is 2.50 bits per heavy atom. The topological polar surface area (TPSA) is 33.1 Å². The second-order valence-electron chi connectivity index (χ2n) is 4.00. The molecule has 2 aromatic rings. The Balaban J connectivity index is 2.34. The highest BCUT2D eigenvalue weighted by Crippen LogP contribution is 2.21. The molecule has 2 heteroatoms. The van der Waals surface area contributed by atoms with E-state index in [0.29, 0.717) is 5.69 Å². The Hall–Kier alpha value is -1.67. The van der Waals surface area contributed by atoms with Crippen molar-refractivity contribution in [2.75, 3.05) is 0 Å². The monoisotopic (exact) mass is 213 g/mol. The van der Waals surface area contributed by atoms with Crippen molar-refractivity contribution in [2.45, 2.75) is 20.0 Å². The third-order valence-corrected chi connectivity index (χ3v) is 2.81. The van der Waals surface area contributed by atoms with Crippen LogP contribution in [0.15, 0.2) is 42.6 Å². The van der Waals surface area contributed by atoms with Crippen LogP contribution in [0.4, 0.5) is 0 Å². The molecule has 0 aliphatic rings. The van der Waals surface area contributed by atoms with Crippen molar-refractivity contribution in [2.24, 2.45) is 0 Å². The largest absolute Gasteiger partial charge is 0.382 e. The van der Waals surface area contributed by atoms with E-state index in [9.17, 15) is 5.11 Å². The van der Waals surface area contributed by atoms with Crippen LogP contribution in [0.3, 0.4) is 0 Å². The molecule has 0 spiro atoms. The molecule has 0 amide bonds. The van der Waals surface area contributed by atoms with Gasteiger partial charge < -0.3 is 5.11 Å². The summed E-state index contributed by atoms with van der Waals surface area (Å²) in [5, 5.41) is 10.1. The van der Waals surface area contributed by atoms with Gasteiger partial charge in [0.2, 0.25) is 0 Å². The first kappa shape index (κ1) is 10.8. The summed E-state index contributed by atoms with van der Waals surface area (Å²) in [7, 11) is 0. The molecule has 0 aliphatic carbocycles. The van der Waals surface area contributed by atoms with Gasteiger partial charge in [-0.2, -0.15) is 0 Å². The van der Waals surface area contributed by atoms with Crippen LogP contribution >= 0.6 is 0 Å². The second-order valence-corrected chi connectivity index (χ2v) is 4.00. The predicted molar refractivity (Wildman–Crippen MR) is 64.2 cm³/mol. The summed E-state index contributed by atoms with van der Waals surface area (Å²) in [6, 6.07) is 11.5. The number of aryl methyl sites for hydroxylation is 2. The molecule has 0 fully saturated rings. The van der Waals surface area contributed by atoms with Gasteiger partial charge in [-0.3, -0.25) is 4.98 Å². The van der Waals surface area contributed by atoms with Gasteiger partial charge in [-0.25, -0.2) is 0 Å². The summed E-state index contributed by atoms with van der Waals surface area (Å²) in [4.78, 5) is 4.16. The highest BCUT2D eigenvalue weighted by Gasteiger charge is 2.11. The molecule has 2 nitrogen and oxygen atoms in total.